The highest BCUT2D eigenvalue weighted by molar-refractivity contribution is 8.17. The molecule has 1 heterocycles. The summed E-state index contributed by atoms with van der Waals surface area (Å²) in [6, 6.07) is 22.5. The van der Waals surface area contributed by atoms with Gasteiger partial charge in [-0.25, -0.2) is 0 Å². The topological polar surface area (TPSA) is 0 Å². The lowest BCUT2D eigenvalue weighted by molar-refractivity contribution is 1.18. The molecule has 0 saturated heterocycles. The van der Waals surface area contributed by atoms with Crippen LogP contribution >= 0.6 is 10.9 Å². The van der Waals surface area contributed by atoms with Gasteiger partial charge in [-0.15, -0.1) is 0 Å². The second-order valence-electron chi connectivity index (χ2n) is 6.12. The Labute approximate surface area is 135 Å². The monoisotopic (exact) mass is 304 g/mol. The molecule has 0 spiro atoms. The first kappa shape index (κ1) is 13.7. The van der Waals surface area contributed by atoms with Crippen molar-refractivity contribution >= 4 is 10.9 Å². The molecule has 0 N–H and O–H groups in total. The molecule has 0 unspecified atom stereocenters. The Kier molecular flexibility index (Phi) is 3.12. The first-order chi connectivity index (χ1) is 10.7. The van der Waals surface area contributed by atoms with Crippen molar-refractivity contribution in [3.05, 3.63) is 77.4 Å². The minimum absolute atomic E-state index is 0.426. The number of hydrogen-bond acceptors (Lipinski definition) is 0. The second-order valence-corrected chi connectivity index (χ2v) is 8.20. The largest absolute Gasteiger partial charge is 0.171 e. The van der Waals surface area contributed by atoms with Crippen LogP contribution in [-0.4, -0.2) is 0 Å². The third kappa shape index (κ3) is 1.93. The molecule has 0 aliphatic carbocycles. The zero-order chi connectivity index (χ0) is 15.3. The van der Waals surface area contributed by atoms with Crippen molar-refractivity contribution in [2.75, 3.05) is 0 Å². The van der Waals surface area contributed by atoms with E-state index in [0.717, 1.165) is 0 Å². The van der Waals surface area contributed by atoms with Gasteiger partial charge in [0.05, 0.1) is 0 Å². The summed E-state index contributed by atoms with van der Waals surface area (Å²) in [7, 11) is -0.426. The summed E-state index contributed by atoms with van der Waals surface area (Å²) in [4.78, 5) is 4.56. The minimum Gasteiger partial charge on any atom is -0.171 e. The van der Waals surface area contributed by atoms with Gasteiger partial charge in [0.1, 0.15) is 0 Å². The molecule has 0 bridgehead atoms. The normalized spacial score (nSPS) is 13.9. The molecule has 4 rings (SSSR count). The van der Waals surface area contributed by atoms with E-state index in [0.29, 0.717) is 0 Å². The number of thiol groups is 1. The Morgan fingerprint density at radius 2 is 1.09 bits per heavy atom. The standard InChI is InChI=1S/C21H20S/c1-14-12-15(2)21(16(3)13-14)22-19-10-6-4-8-17(19)18-9-5-7-11-20(18)22/h4-13,22H,1-3H3. The second kappa shape index (κ2) is 5.03. The number of hydrogen-bond donors (Lipinski definition) is 1. The fraction of sp³-hybridized carbons (Fsp3) is 0.143. The maximum Gasteiger partial charge on any atom is 0.00344 e. The summed E-state index contributed by atoms with van der Waals surface area (Å²) in [5, 5.41) is 0. The van der Waals surface area contributed by atoms with Gasteiger partial charge in [0, 0.05) is 14.7 Å². The van der Waals surface area contributed by atoms with Crippen molar-refractivity contribution in [3.63, 3.8) is 0 Å². The Morgan fingerprint density at radius 1 is 0.636 bits per heavy atom. The van der Waals surface area contributed by atoms with Gasteiger partial charge in [0.15, 0.2) is 0 Å². The van der Waals surface area contributed by atoms with Crippen LogP contribution in [0.15, 0.2) is 75.4 Å². The molecule has 1 aliphatic rings. The molecule has 0 fully saturated rings. The Balaban J connectivity index is 2.04. The maximum atomic E-state index is 2.33. The van der Waals surface area contributed by atoms with Gasteiger partial charge in [0.25, 0.3) is 0 Å². The molecular formula is C21H20S. The van der Waals surface area contributed by atoms with Crippen LogP contribution in [0, 0.1) is 20.8 Å². The summed E-state index contributed by atoms with van der Waals surface area (Å²) in [5.41, 5.74) is 7.05. The summed E-state index contributed by atoms with van der Waals surface area (Å²) in [5.74, 6) is 0. The van der Waals surface area contributed by atoms with Gasteiger partial charge in [0.2, 0.25) is 0 Å². The molecule has 0 nitrogen and oxygen atoms in total. The van der Waals surface area contributed by atoms with E-state index < -0.39 is 10.9 Å². The van der Waals surface area contributed by atoms with E-state index in [1.165, 1.54) is 42.5 Å². The molecule has 0 radical (unpaired) electrons. The molecule has 0 amide bonds. The van der Waals surface area contributed by atoms with Gasteiger partial charge in [-0.1, -0.05) is 54.1 Å². The quantitative estimate of drug-likeness (QED) is 0.405. The van der Waals surface area contributed by atoms with Crippen molar-refractivity contribution in [1.82, 2.24) is 0 Å². The van der Waals surface area contributed by atoms with E-state index in [-0.39, 0.29) is 0 Å². The van der Waals surface area contributed by atoms with E-state index in [4.69, 9.17) is 0 Å². The predicted octanol–water partition coefficient (Wildman–Crippen LogP) is 6.07. The van der Waals surface area contributed by atoms with Gasteiger partial charge >= 0.3 is 0 Å². The smallest absolute Gasteiger partial charge is 0.00344 e. The first-order valence-electron chi connectivity index (χ1n) is 7.73. The predicted molar refractivity (Wildman–Crippen MR) is 96.3 cm³/mol. The summed E-state index contributed by atoms with van der Waals surface area (Å²) in [6.45, 7) is 6.72. The van der Waals surface area contributed by atoms with Crippen molar-refractivity contribution in [2.45, 2.75) is 35.5 Å². The Bertz CT molecular complexity index is 808. The average Bonchev–Trinajstić information content (AvgIpc) is 2.82. The van der Waals surface area contributed by atoms with Crippen LogP contribution in [0.5, 0.6) is 0 Å². The van der Waals surface area contributed by atoms with Crippen LogP contribution < -0.4 is 0 Å². The van der Waals surface area contributed by atoms with Crippen LogP contribution in [-0.2, 0) is 0 Å². The third-order valence-electron chi connectivity index (χ3n) is 4.44. The van der Waals surface area contributed by atoms with Crippen LogP contribution in [0.4, 0.5) is 0 Å². The molecule has 22 heavy (non-hydrogen) atoms. The minimum atomic E-state index is -0.426. The fourth-order valence-corrected chi connectivity index (χ4v) is 6.61. The van der Waals surface area contributed by atoms with Crippen LogP contribution in [0.2, 0.25) is 0 Å². The van der Waals surface area contributed by atoms with E-state index in [1.54, 1.807) is 0 Å². The lowest BCUT2D eigenvalue weighted by atomic mass is 10.1. The average molecular weight is 304 g/mol. The molecular weight excluding hydrogens is 284 g/mol. The molecule has 0 saturated carbocycles. The molecule has 0 atom stereocenters. The van der Waals surface area contributed by atoms with Gasteiger partial charge < -0.3 is 0 Å². The van der Waals surface area contributed by atoms with E-state index in [2.05, 4.69) is 81.4 Å². The highest BCUT2D eigenvalue weighted by atomic mass is 32.2. The summed E-state index contributed by atoms with van der Waals surface area (Å²) in [6.07, 6.45) is 0. The maximum absolute atomic E-state index is 2.33. The molecule has 1 heteroatoms. The zero-order valence-electron chi connectivity index (χ0n) is 13.2. The third-order valence-corrected chi connectivity index (χ3v) is 7.34. The molecule has 3 aromatic rings. The lowest BCUT2D eigenvalue weighted by Crippen LogP contribution is -1.93. The van der Waals surface area contributed by atoms with Crippen molar-refractivity contribution in [3.8, 4) is 11.1 Å². The number of benzene rings is 3. The summed E-state index contributed by atoms with van der Waals surface area (Å²) >= 11 is 0. The van der Waals surface area contributed by atoms with Crippen molar-refractivity contribution in [2.24, 2.45) is 0 Å². The van der Waals surface area contributed by atoms with Gasteiger partial charge in [-0.05, 0) is 55.2 Å². The number of rotatable bonds is 1. The van der Waals surface area contributed by atoms with Gasteiger partial charge in [-0.2, -0.15) is 10.9 Å². The van der Waals surface area contributed by atoms with Crippen molar-refractivity contribution in [1.29, 1.82) is 0 Å². The highest BCUT2D eigenvalue weighted by Crippen LogP contribution is 2.63. The molecule has 110 valence electrons. The van der Waals surface area contributed by atoms with Crippen LogP contribution in [0.1, 0.15) is 16.7 Å². The zero-order valence-corrected chi connectivity index (χ0v) is 14.1. The first-order valence-corrected chi connectivity index (χ1v) is 9.07. The van der Waals surface area contributed by atoms with E-state index in [9.17, 15) is 0 Å². The van der Waals surface area contributed by atoms with E-state index >= 15 is 0 Å². The van der Waals surface area contributed by atoms with Crippen molar-refractivity contribution < 1.29 is 0 Å². The molecule has 1 aliphatic heterocycles. The fourth-order valence-electron chi connectivity index (χ4n) is 3.69. The SMILES string of the molecule is Cc1cc(C)c([SH]2c3ccccc3-c3ccccc32)c(C)c1. The van der Waals surface area contributed by atoms with E-state index in [1.807, 2.05) is 0 Å². The van der Waals surface area contributed by atoms with Gasteiger partial charge in [-0.3, -0.25) is 0 Å². The molecule has 3 aromatic carbocycles. The Morgan fingerprint density at radius 3 is 1.59 bits per heavy atom. The van der Waals surface area contributed by atoms with Crippen LogP contribution in [0.25, 0.3) is 11.1 Å². The number of aryl methyl sites for hydroxylation is 3. The summed E-state index contributed by atoms with van der Waals surface area (Å²) < 4.78 is 0. The Hall–Kier alpha value is -1.99. The van der Waals surface area contributed by atoms with Crippen LogP contribution in [0.3, 0.4) is 0 Å². The lowest BCUT2D eigenvalue weighted by Gasteiger charge is -2.24. The highest BCUT2D eigenvalue weighted by Gasteiger charge is 2.28. The number of fused-ring (bicyclic) bond motifs is 3. The molecule has 0 aromatic heterocycles.